The summed E-state index contributed by atoms with van der Waals surface area (Å²) in [5.41, 5.74) is 1.00. The number of anilines is 1. The molecule has 0 saturated carbocycles. The van der Waals surface area contributed by atoms with Gasteiger partial charge in [0.2, 0.25) is 10.0 Å². The molecule has 0 aromatic carbocycles. The van der Waals surface area contributed by atoms with Crippen molar-refractivity contribution in [3.05, 3.63) is 35.9 Å². The maximum atomic E-state index is 12.6. The van der Waals surface area contributed by atoms with Crippen LogP contribution in [0.15, 0.2) is 35.7 Å². The van der Waals surface area contributed by atoms with Gasteiger partial charge in [0.25, 0.3) is 0 Å². The molecular weight excluding hydrogens is 326 g/mol. The molecule has 0 aliphatic carbocycles. The van der Waals surface area contributed by atoms with Crippen molar-refractivity contribution in [3.8, 4) is 0 Å². The van der Waals surface area contributed by atoms with E-state index in [0.717, 1.165) is 5.69 Å². The second kappa shape index (κ2) is 5.86. The monoisotopic (exact) mass is 341 g/mol. The Bertz CT molecular complexity index is 768. The molecule has 118 valence electrons. The van der Waals surface area contributed by atoms with E-state index in [1.54, 1.807) is 10.9 Å². The van der Waals surface area contributed by atoms with Gasteiger partial charge in [0.05, 0.1) is 16.9 Å². The largest absolute Gasteiger partial charge is 0.366 e. The Balaban J connectivity index is 1.73. The summed E-state index contributed by atoms with van der Waals surface area (Å²) >= 11 is 5.83. The summed E-state index contributed by atoms with van der Waals surface area (Å²) in [5, 5.41) is 4.45. The Morgan fingerprint density at radius 3 is 2.45 bits per heavy atom. The quantitative estimate of drug-likeness (QED) is 0.832. The minimum absolute atomic E-state index is 0.134. The third-order valence-electron chi connectivity index (χ3n) is 3.61. The predicted molar refractivity (Wildman–Crippen MR) is 83.4 cm³/mol. The van der Waals surface area contributed by atoms with Crippen molar-refractivity contribution in [3.63, 3.8) is 0 Å². The first-order chi connectivity index (χ1) is 10.5. The van der Waals surface area contributed by atoms with Gasteiger partial charge >= 0.3 is 0 Å². The molecule has 0 amide bonds. The lowest BCUT2D eigenvalue weighted by Crippen LogP contribution is -2.48. The molecule has 0 bridgehead atoms. The van der Waals surface area contributed by atoms with Crippen molar-refractivity contribution in [1.82, 2.24) is 19.1 Å². The topological polar surface area (TPSA) is 71.3 Å². The van der Waals surface area contributed by atoms with Crippen molar-refractivity contribution in [2.24, 2.45) is 7.05 Å². The summed E-state index contributed by atoms with van der Waals surface area (Å²) in [6, 6.07) is 1.43. The highest BCUT2D eigenvalue weighted by Crippen LogP contribution is 2.21. The predicted octanol–water partition coefficient (Wildman–Crippen LogP) is 0.979. The van der Waals surface area contributed by atoms with E-state index in [2.05, 4.69) is 15.0 Å². The van der Waals surface area contributed by atoms with Crippen LogP contribution in [-0.2, 0) is 17.1 Å². The molecule has 0 N–H and O–H groups in total. The van der Waals surface area contributed by atoms with Crippen molar-refractivity contribution in [2.45, 2.75) is 4.90 Å². The lowest BCUT2D eigenvalue weighted by molar-refractivity contribution is 0.385. The number of aromatic nitrogens is 3. The molecule has 1 aliphatic rings. The summed E-state index contributed by atoms with van der Waals surface area (Å²) < 4.78 is 28.4. The number of sulfonamides is 1. The molecule has 2 aromatic rings. The zero-order chi connectivity index (χ0) is 15.7. The van der Waals surface area contributed by atoms with E-state index in [1.807, 2.05) is 13.2 Å². The Hall–Kier alpha value is -1.64. The highest BCUT2D eigenvalue weighted by Gasteiger charge is 2.29. The normalized spacial score (nSPS) is 16.9. The van der Waals surface area contributed by atoms with E-state index < -0.39 is 10.0 Å². The fourth-order valence-corrected chi connectivity index (χ4v) is 4.09. The molecule has 2 aromatic heterocycles. The zero-order valence-electron chi connectivity index (χ0n) is 12.1. The molecule has 0 atom stereocenters. The zero-order valence-corrected chi connectivity index (χ0v) is 13.6. The van der Waals surface area contributed by atoms with Crippen LogP contribution in [0.1, 0.15) is 0 Å². The van der Waals surface area contributed by atoms with Gasteiger partial charge in [-0.2, -0.15) is 9.40 Å². The van der Waals surface area contributed by atoms with Crippen LogP contribution < -0.4 is 4.90 Å². The first-order valence-electron chi connectivity index (χ1n) is 6.81. The van der Waals surface area contributed by atoms with Gasteiger partial charge in [0.1, 0.15) is 4.90 Å². The van der Waals surface area contributed by atoms with Gasteiger partial charge in [-0.15, -0.1) is 0 Å². The van der Waals surface area contributed by atoms with Crippen LogP contribution in [0.5, 0.6) is 0 Å². The SMILES string of the molecule is Cn1cc(N2CCN(S(=O)(=O)c3cncc(Cl)c3)CC2)cn1. The van der Waals surface area contributed by atoms with Crippen LogP contribution in [0.25, 0.3) is 0 Å². The average Bonchev–Trinajstić information content (AvgIpc) is 2.94. The third kappa shape index (κ3) is 2.94. The second-order valence-electron chi connectivity index (χ2n) is 5.10. The van der Waals surface area contributed by atoms with E-state index in [9.17, 15) is 8.42 Å². The van der Waals surface area contributed by atoms with E-state index in [4.69, 9.17) is 11.6 Å². The number of nitrogens with zero attached hydrogens (tertiary/aromatic N) is 5. The van der Waals surface area contributed by atoms with Crippen molar-refractivity contribution < 1.29 is 8.42 Å². The average molecular weight is 342 g/mol. The van der Waals surface area contributed by atoms with Gasteiger partial charge in [-0.05, 0) is 6.07 Å². The van der Waals surface area contributed by atoms with E-state index >= 15 is 0 Å². The summed E-state index contributed by atoms with van der Waals surface area (Å²) in [6.45, 7) is 2.09. The lowest BCUT2D eigenvalue weighted by Gasteiger charge is -2.34. The van der Waals surface area contributed by atoms with Gasteiger partial charge in [0, 0.05) is 51.8 Å². The Morgan fingerprint density at radius 1 is 1.14 bits per heavy atom. The minimum Gasteiger partial charge on any atom is -0.366 e. The number of halogens is 1. The van der Waals surface area contributed by atoms with Crippen molar-refractivity contribution in [2.75, 3.05) is 31.1 Å². The number of pyridine rings is 1. The third-order valence-corrected chi connectivity index (χ3v) is 5.68. The van der Waals surface area contributed by atoms with Gasteiger partial charge < -0.3 is 4.90 Å². The van der Waals surface area contributed by atoms with Crippen LogP contribution in [0.2, 0.25) is 5.02 Å². The first-order valence-corrected chi connectivity index (χ1v) is 8.63. The number of hydrogen-bond donors (Lipinski definition) is 0. The molecule has 3 heterocycles. The summed E-state index contributed by atoms with van der Waals surface area (Å²) in [6.07, 6.45) is 6.45. The lowest BCUT2D eigenvalue weighted by atomic mass is 10.3. The van der Waals surface area contributed by atoms with Crippen LogP contribution in [0, 0.1) is 0 Å². The fourth-order valence-electron chi connectivity index (χ4n) is 2.44. The Kier molecular flexibility index (Phi) is 4.07. The molecule has 1 saturated heterocycles. The maximum Gasteiger partial charge on any atom is 0.244 e. The molecule has 1 aliphatic heterocycles. The summed E-state index contributed by atoms with van der Waals surface area (Å²) in [4.78, 5) is 6.11. The molecule has 0 radical (unpaired) electrons. The number of hydrogen-bond acceptors (Lipinski definition) is 5. The first kappa shape index (κ1) is 15.3. The molecule has 1 fully saturated rings. The van der Waals surface area contributed by atoms with Crippen molar-refractivity contribution in [1.29, 1.82) is 0 Å². The molecule has 7 nitrogen and oxygen atoms in total. The fraction of sp³-hybridized carbons (Fsp3) is 0.385. The summed E-state index contributed by atoms with van der Waals surface area (Å²) in [7, 11) is -1.69. The highest BCUT2D eigenvalue weighted by atomic mass is 35.5. The molecule has 0 unspecified atom stereocenters. The van der Waals surface area contributed by atoms with E-state index in [-0.39, 0.29) is 4.90 Å². The second-order valence-corrected chi connectivity index (χ2v) is 7.48. The van der Waals surface area contributed by atoms with Gasteiger partial charge in [0.15, 0.2) is 0 Å². The summed E-state index contributed by atoms with van der Waals surface area (Å²) in [5.74, 6) is 0. The van der Waals surface area contributed by atoms with Crippen LogP contribution in [-0.4, -0.2) is 53.7 Å². The number of aryl methyl sites for hydroxylation is 1. The minimum atomic E-state index is -3.55. The van der Waals surface area contributed by atoms with Gasteiger partial charge in [-0.1, -0.05) is 11.6 Å². The van der Waals surface area contributed by atoms with Gasteiger partial charge in [-0.25, -0.2) is 8.42 Å². The molecule has 3 rings (SSSR count). The smallest absolute Gasteiger partial charge is 0.244 e. The Labute approximate surface area is 134 Å². The standard InChI is InChI=1S/C13H16ClN5O2S/c1-17-10-12(8-16-17)18-2-4-19(5-3-18)22(20,21)13-6-11(14)7-15-9-13/h6-10H,2-5H2,1H3. The van der Waals surface area contributed by atoms with Crippen LogP contribution in [0.4, 0.5) is 5.69 Å². The Morgan fingerprint density at radius 2 is 1.86 bits per heavy atom. The van der Waals surface area contributed by atoms with Crippen LogP contribution >= 0.6 is 11.6 Å². The highest BCUT2D eigenvalue weighted by molar-refractivity contribution is 7.89. The van der Waals surface area contributed by atoms with Gasteiger partial charge in [-0.3, -0.25) is 9.67 Å². The van der Waals surface area contributed by atoms with Crippen LogP contribution in [0.3, 0.4) is 0 Å². The van der Waals surface area contributed by atoms with Crippen molar-refractivity contribution >= 4 is 27.3 Å². The number of piperazine rings is 1. The molecule has 22 heavy (non-hydrogen) atoms. The number of rotatable bonds is 3. The molecule has 9 heteroatoms. The maximum absolute atomic E-state index is 12.6. The van der Waals surface area contributed by atoms with E-state index in [0.29, 0.717) is 31.2 Å². The van der Waals surface area contributed by atoms with E-state index in [1.165, 1.54) is 22.8 Å². The molecular formula is C13H16ClN5O2S. The molecule has 0 spiro atoms.